The van der Waals surface area contributed by atoms with Gasteiger partial charge in [0.2, 0.25) is 5.89 Å². The molecule has 0 atom stereocenters. The Morgan fingerprint density at radius 2 is 2.17 bits per heavy atom. The Balaban J connectivity index is 1.59. The third kappa shape index (κ3) is 3.81. The first-order valence-electron chi connectivity index (χ1n) is 7.41. The number of halogens is 1. The second-order valence-corrected chi connectivity index (χ2v) is 5.18. The number of benzene rings is 1. The third-order valence-electron chi connectivity index (χ3n) is 3.34. The number of nitrogens with zero attached hydrogens (tertiary/aromatic N) is 3. The van der Waals surface area contributed by atoms with Gasteiger partial charge in [-0.3, -0.25) is 9.78 Å². The lowest BCUT2D eigenvalue weighted by Crippen LogP contribution is -2.25. The molecule has 0 aliphatic heterocycles. The molecule has 2 heterocycles. The van der Waals surface area contributed by atoms with Crippen molar-refractivity contribution in [3.05, 3.63) is 65.7 Å². The highest BCUT2D eigenvalue weighted by Gasteiger charge is 2.08. The number of carbonyl (C=O) groups is 1. The highest BCUT2D eigenvalue weighted by Crippen LogP contribution is 2.17. The standard InChI is InChI=1S/C17H15FN4O2/c1-11-21-16(24-22-11)7-8-19-17(23)13-5-6-15(20-10-13)12-3-2-4-14(18)9-12/h2-6,9-10H,7-8H2,1H3,(H,19,23). The van der Waals surface area contributed by atoms with Gasteiger partial charge in [0.15, 0.2) is 5.82 Å². The van der Waals surface area contributed by atoms with Crippen molar-refractivity contribution >= 4 is 5.91 Å². The highest BCUT2D eigenvalue weighted by molar-refractivity contribution is 5.94. The number of carbonyl (C=O) groups excluding carboxylic acids is 1. The smallest absolute Gasteiger partial charge is 0.252 e. The van der Waals surface area contributed by atoms with E-state index < -0.39 is 0 Å². The topological polar surface area (TPSA) is 80.9 Å². The van der Waals surface area contributed by atoms with Crippen molar-refractivity contribution in [2.45, 2.75) is 13.3 Å². The molecule has 0 bridgehead atoms. The number of amides is 1. The van der Waals surface area contributed by atoms with Gasteiger partial charge in [-0.25, -0.2) is 4.39 Å². The van der Waals surface area contributed by atoms with Crippen LogP contribution < -0.4 is 5.32 Å². The minimum atomic E-state index is -0.326. The molecule has 0 spiro atoms. The van der Waals surface area contributed by atoms with Crippen LogP contribution in [-0.2, 0) is 6.42 Å². The molecule has 7 heteroatoms. The predicted octanol–water partition coefficient (Wildman–Crippen LogP) is 2.55. The van der Waals surface area contributed by atoms with Crippen LogP contribution in [0, 0.1) is 12.7 Å². The summed E-state index contributed by atoms with van der Waals surface area (Å²) in [6, 6.07) is 9.49. The molecule has 24 heavy (non-hydrogen) atoms. The fraction of sp³-hybridized carbons (Fsp3) is 0.176. The Labute approximate surface area is 137 Å². The Kier molecular flexibility index (Phi) is 4.60. The van der Waals surface area contributed by atoms with Crippen molar-refractivity contribution in [3.63, 3.8) is 0 Å². The molecule has 1 aromatic carbocycles. The normalized spacial score (nSPS) is 10.6. The van der Waals surface area contributed by atoms with Gasteiger partial charge in [-0.2, -0.15) is 4.98 Å². The molecule has 122 valence electrons. The van der Waals surface area contributed by atoms with E-state index in [2.05, 4.69) is 20.4 Å². The molecule has 2 aromatic heterocycles. The fourth-order valence-electron chi connectivity index (χ4n) is 2.17. The van der Waals surface area contributed by atoms with E-state index in [0.29, 0.717) is 41.5 Å². The van der Waals surface area contributed by atoms with Gasteiger partial charge in [0.25, 0.3) is 5.91 Å². The molecule has 0 saturated carbocycles. The van der Waals surface area contributed by atoms with E-state index in [0.717, 1.165) is 0 Å². The van der Waals surface area contributed by atoms with E-state index >= 15 is 0 Å². The van der Waals surface area contributed by atoms with Crippen molar-refractivity contribution in [3.8, 4) is 11.3 Å². The van der Waals surface area contributed by atoms with Gasteiger partial charge in [-0.05, 0) is 31.2 Å². The zero-order chi connectivity index (χ0) is 16.9. The van der Waals surface area contributed by atoms with Gasteiger partial charge < -0.3 is 9.84 Å². The van der Waals surface area contributed by atoms with Crippen LogP contribution in [-0.4, -0.2) is 27.6 Å². The van der Waals surface area contributed by atoms with Gasteiger partial charge >= 0.3 is 0 Å². The van der Waals surface area contributed by atoms with Gasteiger partial charge in [-0.1, -0.05) is 17.3 Å². The minimum absolute atomic E-state index is 0.246. The van der Waals surface area contributed by atoms with Crippen LogP contribution in [0.3, 0.4) is 0 Å². The molecule has 3 rings (SSSR count). The van der Waals surface area contributed by atoms with Crippen LogP contribution >= 0.6 is 0 Å². The summed E-state index contributed by atoms with van der Waals surface area (Å²) in [7, 11) is 0. The molecule has 0 saturated heterocycles. The Morgan fingerprint density at radius 1 is 1.29 bits per heavy atom. The molecule has 0 radical (unpaired) electrons. The number of hydrogen-bond donors (Lipinski definition) is 1. The summed E-state index contributed by atoms with van der Waals surface area (Å²) in [6.07, 6.45) is 1.92. The van der Waals surface area contributed by atoms with Gasteiger partial charge in [0.1, 0.15) is 5.82 Å². The number of aromatic nitrogens is 3. The molecule has 0 aliphatic carbocycles. The maximum absolute atomic E-state index is 13.2. The summed E-state index contributed by atoms with van der Waals surface area (Å²) in [5, 5.41) is 6.44. The van der Waals surface area contributed by atoms with Crippen molar-refractivity contribution in [1.82, 2.24) is 20.4 Å². The largest absolute Gasteiger partial charge is 0.351 e. The molecular weight excluding hydrogens is 311 g/mol. The molecular formula is C17H15FN4O2. The van der Waals surface area contributed by atoms with Gasteiger partial charge in [0.05, 0.1) is 11.3 Å². The SMILES string of the molecule is Cc1noc(CCNC(=O)c2ccc(-c3cccc(F)c3)nc2)n1. The van der Waals surface area contributed by atoms with Crippen LogP contribution in [0.5, 0.6) is 0 Å². The molecule has 3 aromatic rings. The number of rotatable bonds is 5. The molecule has 1 N–H and O–H groups in total. The first-order chi connectivity index (χ1) is 11.6. The quantitative estimate of drug-likeness (QED) is 0.779. The molecule has 0 fully saturated rings. The number of pyridine rings is 1. The van der Waals surface area contributed by atoms with E-state index in [4.69, 9.17) is 4.52 Å². The zero-order valence-electron chi connectivity index (χ0n) is 13.0. The lowest BCUT2D eigenvalue weighted by molar-refractivity contribution is 0.0953. The summed E-state index contributed by atoms with van der Waals surface area (Å²) in [6.45, 7) is 2.11. The molecule has 1 amide bonds. The van der Waals surface area contributed by atoms with Crippen LogP contribution in [0.25, 0.3) is 11.3 Å². The minimum Gasteiger partial charge on any atom is -0.351 e. The van der Waals surface area contributed by atoms with Crippen molar-refractivity contribution in [2.75, 3.05) is 6.54 Å². The van der Waals surface area contributed by atoms with E-state index in [1.165, 1.54) is 18.3 Å². The first kappa shape index (κ1) is 15.8. The molecule has 0 aliphatic rings. The van der Waals surface area contributed by atoms with E-state index in [-0.39, 0.29) is 11.7 Å². The van der Waals surface area contributed by atoms with Crippen LogP contribution in [0.15, 0.2) is 47.1 Å². The number of hydrogen-bond acceptors (Lipinski definition) is 5. The average Bonchev–Trinajstić information content (AvgIpc) is 3.00. The third-order valence-corrected chi connectivity index (χ3v) is 3.34. The summed E-state index contributed by atoms with van der Waals surface area (Å²) < 4.78 is 18.2. The van der Waals surface area contributed by atoms with Gasteiger partial charge in [-0.15, -0.1) is 0 Å². The molecule has 0 unspecified atom stereocenters. The van der Waals surface area contributed by atoms with E-state index in [9.17, 15) is 9.18 Å². The van der Waals surface area contributed by atoms with E-state index in [1.807, 2.05) is 0 Å². The monoisotopic (exact) mass is 326 g/mol. The first-order valence-corrected chi connectivity index (χ1v) is 7.41. The predicted molar refractivity (Wildman–Crippen MR) is 84.7 cm³/mol. The Bertz CT molecular complexity index is 846. The molecule has 6 nitrogen and oxygen atoms in total. The highest BCUT2D eigenvalue weighted by atomic mass is 19.1. The second-order valence-electron chi connectivity index (χ2n) is 5.18. The lowest BCUT2D eigenvalue weighted by atomic mass is 10.1. The maximum atomic E-state index is 13.2. The van der Waals surface area contributed by atoms with Crippen molar-refractivity contribution < 1.29 is 13.7 Å². The average molecular weight is 326 g/mol. The summed E-state index contributed by atoms with van der Waals surface area (Å²) in [4.78, 5) is 20.3. The summed E-state index contributed by atoms with van der Waals surface area (Å²) >= 11 is 0. The van der Waals surface area contributed by atoms with Crippen LogP contribution in [0.4, 0.5) is 4.39 Å². The van der Waals surface area contributed by atoms with Crippen LogP contribution in [0.1, 0.15) is 22.1 Å². The van der Waals surface area contributed by atoms with Gasteiger partial charge in [0, 0.05) is 24.7 Å². The van der Waals surface area contributed by atoms with Crippen molar-refractivity contribution in [2.24, 2.45) is 0 Å². The second kappa shape index (κ2) is 6.99. The zero-order valence-corrected chi connectivity index (χ0v) is 13.0. The number of nitrogens with one attached hydrogen (secondary N) is 1. The maximum Gasteiger partial charge on any atom is 0.252 e. The summed E-state index contributed by atoms with van der Waals surface area (Å²) in [5.41, 5.74) is 1.69. The van der Waals surface area contributed by atoms with Crippen molar-refractivity contribution in [1.29, 1.82) is 0 Å². The Hall–Kier alpha value is -3.09. The van der Waals surface area contributed by atoms with E-state index in [1.54, 1.807) is 31.2 Å². The lowest BCUT2D eigenvalue weighted by Gasteiger charge is -2.05. The number of aryl methyl sites for hydroxylation is 1. The van der Waals surface area contributed by atoms with Crippen LogP contribution in [0.2, 0.25) is 0 Å². The Morgan fingerprint density at radius 3 is 2.83 bits per heavy atom. The summed E-state index contributed by atoms with van der Waals surface area (Å²) in [5.74, 6) is 0.470. The fourth-order valence-corrected chi connectivity index (χ4v) is 2.17.